The number of aliphatic carboxylic acids is 1. The number of nitrogens with one attached hydrogen (secondary N) is 1. The van der Waals surface area contributed by atoms with Crippen LogP contribution in [0.3, 0.4) is 0 Å². The summed E-state index contributed by atoms with van der Waals surface area (Å²) in [7, 11) is 0. The molecule has 0 fully saturated rings. The van der Waals surface area contributed by atoms with Crippen molar-refractivity contribution in [2.45, 2.75) is 52.3 Å². The van der Waals surface area contributed by atoms with E-state index in [-0.39, 0.29) is 18.2 Å². The van der Waals surface area contributed by atoms with E-state index in [1.807, 2.05) is 13.8 Å². The number of carboxylic acid groups (broad SMARTS) is 1. The van der Waals surface area contributed by atoms with Crippen LogP contribution in [0.4, 0.5) is 0 Å². The van der Waals surface area contributed by atoms with Crippen molar-refractivity contribution in [2.75, 3.05) is 0 Å². The van der Waals surface area contributed by atoms with Crippen LogP contribution in [0.25, 0.3) is 0 Å². The van der Waals surface area contributed by atoms with Crippen LogP contribution in [0, 0.1) is 5.92 Å². The second-order valence-corrected chi connectivity index (χ2v) is 4.07. The van der Waals surface area contributed by atoms with Crippen molar-refractivity contribution < 1.29 is 15.0 Å². The number of hydrogen-bond donors (Lipinski definition) is 3. The molecule has 4 unspecified atom stereocenters. The van der Waals surface area contributed by atoms with Gasteiger partial charge in [-0.25, -0.2) is 0 Å². The van der Waals surface area contributed by atoms with E-state index in [1.54, 1.807) is 13.8 Å². The summed E-state index contributed by atoms with van der Waals surface area (Å²) in [4.78, 5) is 10.7. The van der Waals surface area contributed by atoms with E-state index < -0.39 is 11.9 Å². The van der Waals surface area contributed by atoms with E-state index in [4.69, 9.17) is 10.2 Å². The molecule has 0 aromatic carbocycles. The Balaban J connectivity index is 3.92. The summed E-state index contributed by atoms with van der Waals surface area (Å²) in [5, 5.41) is 21.0. The lowest BCUT2D eigenvalue weighted by molar-refractivity contribution is -0.142. The van der Waals surface area contributed by atoms with Crippen LogP contribution in [0.15, 0.2) is 0 Å². The summed E-state index contributed by atoms with van der Waals surface area (Å²) < 4.78 is 0. The van der Waals surface area contributed by atoms with Gasteiger partial charge in [-0.1, -0.05) is 6.92 Å². The van der Waals surface area contributed by atoms with Gasteiger partial charge in [0.05, 0.1) is 12.0 Å². The largest absolute Gasteiger partial charge is 0.481 e. The lowest BCUT2D eigenvalue weighted by atomic mass is 10.0. The molecule has 0 aliphatic carbocycles. The normalized spacial score (nSPS) is 19.8. The van der Waals surface area contributed by atoms with Gasteiger partial charge < -0.3 is 15.5 Å². The van der Waals surface area contributed by atoms with Crippen molar-refractivity contribution in [3.8, 4) is 0 Å². The highest BCUT2D eigenvalue weighted by molar-refractivity contribution is 5.70. The van der Waals surface area contributed by atoms with Crippen molar-refractivity contribution in [1.29, 1.82) is 0 Å². The highest BCUT2D eigenvalue weighted by Crippen LogP contribution is 2.05. The Bertz CT molecular complexity index is 182. The molecular formula is C10H21NO3. The second kappa shape index (κ2) is 5.98. The molecule has 0 aromatic heterocycles. The summed E-state index contributed by atoms with van der Waals surface area (Å²) in [6.07, 6.45) is 0.279. The fourth-order valence-corrected chi connectivity index (χ4v) is 1.39. The lowest BCUT2D eigenvalue weighted by Gasteiger charge is -2.23. The van der Waals surface area contributed by atoms with Crippen LogP contribution in [-0.2, 0) is 4.79 Å². The number of aliphatic hydroxyl groups is 1. The van der Waals surface area contributed by atoms with Crippen LogP contribution in [0.1, 0.15) is 34.1 Å². The molecule has 4 nitrogen and oxygen atoms in total. The Kier molecular flexibility index (Phi) is 5.72. The molecule has 0 aliphatic rings. The van der Waals surface area contributed by atoms with Crippen molar-refractivity contribution >= 4 is 5.97 Å². The number of aliphatic hydroxyl groups excluding tert-OH is 1. The first-order chi connectivity index (χ1) is 6.34. The predicted octanol–water partition coefficient (Wildman–Crippen LogP) is 0.845. The second-order valence-electron chi connectivity index (χ2n) is 4.07. The van der Waals surface area contributed by atoms with Crippen LogP contribution < -0.4 is 5.32 Å². The third-order valence-electron chi connectivity index (χ3n) is 2.38. The van der Waals surface area contributed by atoms with Gasteiger partial charge in [0.1, 0.15) is 0 Å². The minimum Gasteiger partial charge on any atom is -0.481 e. The van der Waals surface area contributed by atoms with Gasteiger partial charge in [0.2, 0.25) is 0 Å². The first-order valence-corrected chi connectivity index (χ1v) is 5.01. The topological polar surface area (TPSA) is 69.6 Å². The lowest BCUT2D eigenvalue weighted by Crippen LogP contribution is -2.42. The molecule has 14 heavy (non-hydrogen) atoms. The van der Waals surface area contributed by atoms with Crippen molar-refractivity contribution in [3.05, 3.63) is 0 Å². The summed E-state index contributed by atoms with van der Waals surface area (Å²) in [6, 6.07) is 0.0491. The van der Waals surface area contributed by atoms with Crippen molar-refractivity contribution in [2.24, 2.45) is 5.92 Å². The maximum atomic E-state index is 10.7. The monoisotopic (exact) mass is 203 g/mol. The average Bonchev–Trinajstić information content (AvgIpc) is 2.00. The van der Waals surface area contributed by atoms with Gasteiger partial charge in [0.25, 0.3) is 0 Å². The maximum Gasteiger partial charge on any atom is 0.307 e. The number of carbonyl (C=O) groups is 1. The first kappa shape index (κ1) is 13.4. The van der Waals surface area contributed by atoms with E-state index in [1.165, 1.54) is 0 Å². The molecule has 84 valence electrons. The van der Waals surface area contributed by atoms with Crippen LogP contribution >= 0.6 is 0 Å². The Morgan fingerprint density at radius 2 is 1.79 bits per heavy atom. The number of hydrogen-bond acceptors (Lipinski definition) is 3. The molecule has 0 radical (unpaired) electrons. The Hall–Kier alpha value is -0.610. The van der Waals surface area contributed by atoms with Gasteiger partial charge in [-0.2, -0.15) is 0 Å². The summed E-state index contributed by atoms with van der Waals surface area (Å²) in [5.74, 6) is -1.21. The fourth-order valence-electron chi connectivity index (χ4n) is 1.39. The molecule has 0 aromatic rings. The molecule has 4 atom stereocenters. The highest BCUT2D eigenvalue weighted by atomic mass is 16.4. The summed E-state index contributed by atoms with van der Waals surface area (Å²) in [5.41, 5.74) is 0. The van der Waals surface area contributed by atoms with Gasteiger partial charge >= 0.3 is 5.97 Å². The van der Waals surface area contributed by atoms with Gasteiger partial charge in [-0.3, -0.25) is 4.79 Å². The zero-order valence-electron chi connectivity index (χ0n) is 9.32. The van der Waals surface area contributed by atoms with E-state index in [9.17, 15) is 4.79 Å². The number of rotatable bonds is 6. The van der Waals surface area contributed by atoms with Gasteiger partial charge in [0, 0.05) is 12.1 Å². The van der Waals surface area contributed by atoms with Crippen molar-refractivity contribution in [1.82, 2.24) is 5.32 Å². The standard InChI is InChI=1S/C10H21NO3/c1-6(5-7(2)12)11-9(4)8(3)10(13)14/h6-9,11-12H,5H2,1-4H3,(H,13,14). The van der Waals surface area contributed by atoms with Gasteiger partial charge in [-0.05, 0) is 27.2 Å². The van der Waals surface area contributed by atoms with Crippen molar-refractivity contribution in [3.63, 3.8) is 0 Å². The van der Waals surface area contributed by atoms with Crippen LogP contribution in [-0.4, -0.2) is 34.4 Å². The van der Waals surface area contributed by atoms with Gasteiger partial charge in [-0.15, -0.1) is 0 Å². The molecule has 0 rings (SSSR count). The average molecular weight is 203 g/mol. The van der Waals surface area contributed by atoms with E-state index in [2.05, 4.69) is 5.32 Å². The molecule has 0 aliphatic heterocycles. The molecule has 0 saturated heterocycles. The Labute approximate surface area is 85.3 Å². The molecule has 0 amide bonds. The Morgan fingerprint density at radius 3 is 2.14 bits per heavy atom. The Morgan fingerprint density at radius 1 is 1.29 bits per heavy atom. The molecule has 0 heterocycles. The van der Waals surface area contributed by atoms with E-state index >= 15 is 0 Å². The smallest absolute Gasteiger partial charge is 0.307 e. The zero-order chi connectivity index (χ0) is 11.3. The highest BCUT2D eigenvalue weighted by Gasteiger charge is 2.20. The van der Waals surface area contributed by atoms with Crippen LogP contribution in [0.5, 0.6) is 0 Å². The minimum absolute atomic E-state index is 0.0822. The summed E-state index contributed by atoms with van der Waals surface area (Å²) in [6.45, 7) is 7.19. The molecule has 3 N–H and O–H groups in total. The molecule has 0 bridgehead atoms. The van der Waals surface area contributed by atoms with Gasteiger partial charge in [0.15, 0.2) is 0 Å². The first-order valence-electron chi connectivity index (χ1n) is 5.01. The SMILES string of the molecule is CC(O)CC(C)NC(C)C(C)C(=O)O. The third-order valence-corrected chi connectivity index (χ3v) is 2.38. The quantitative estimate of drug-likeness (QED) is 0.598. The third kappa shape index (κ3) is 5.19. The minimum atomic E-state index is -0.797. The fraction of sp³-hybridized carbons (Fsp3) is 0.900. The molecule has 0 saturated carbocycles. The van der Waals surface area contributed by atoms with E-state index in [0.717, 1.165) is 0 Å². The zero-order valence-corrected chi connectivity index (χ0v) is 9.32. The maximum absolute atomic E-state index is 10.7. The predicted molar refractivity (Wildman–Crippen MR) is 55.2 cm³/mol. The van der Waals surface area contributed by atoms with E-state index in [0.29, 0.717) is 6.42 Å². The number of carboxylic acids is 1. The summed E-state index contributed by atoms with van der Waals surface area (Å²) >= 11 is 0. The molecule has 0 spiro atoms. The molecule has 4 heteroatoms. The van der Waals surface area contributed by atoms with Crippen LogP contribution in [0.2, 0.25) is 0 Å². The molecular weight excluding hydrogens is 182 g/mol.